The van der Waals surface area contributed by atoms with Crippen LogP contribution >= 0.6 is 9.24 Å². The monoisotopic (exact) mass is 567 g/mol. The fourth-order valence-corrected chi connectivity index (χ4v) is 4.62. The van der Waals surface area contributed by atoms with Gasteiger partial charge in [0.15, 0.2) is 0 Å². The Kier molecular flexibility index (Phi) is 14.4. The number of benzene rings is 1. The molecule has 0 aliphatic carbocycles. The minimum atomic E-state index is 0.0868. The molecule has 0 bridgehead atoms. The minimum absolute atomic E-state index is 0.0868. The second-order valence-corrected chi connectivity index (χ2v) is 10.6. The first-order valence-electron chi connectivity index (χ1n) is 14.3. The predicted molar refractivity (Wildman–Crippen MR) is 180 cm³/mol. The molecule has 41 heavy (non-hydrogen) atoms. The fraction of sp³-hybridized carbons (Fsp3) is 0.314. The van der Waals surface area contributed by atoms with Crippen molar-refractivity contribution in [1.29, 1.82) is 5.26 Å². The molecule has 216 valence electrons. The molecule has 0 spiro atoms. The number of allylic oxidation sites excluding steroid dienone is 9. The minimum Gasteiger partial charge on any atom is -0.375 e. The Labute approximate surface area is 249 Å². The summed E-state index contributed by atoms with van der Waals surface area (Å²) in [7, 11) is 4.68. The van der Waals surface area contributed by atoms with Crippen LogP contribution < -0.4 is 26.5 Å². The lowest BCUT2D eigenvalue weighted by Crippen LogP contribution is -2.28. The molecule has 2 aromatic rings. The first-order valence-corrected chi connectivity index (χ1v) is 14.8. The van der Waals surface area contributed by atoms with Crippen molar-refractivity contribution >= 4 is 27.2 Å². The van der Waals surface area contributed by atoms with E-state index >= 15 is 0 Å². The van der Waals surface area contributed by atoms with Gasteiger partial charge >= 0.3 is 0 Å². The molecule has 0 amide bonds. The maximum atomic E-state index is 9.26. The van der Waals surface area contributed by atoms with Crippen LogP contribution in [-0.4, -0.2) is 23.8 Å². The first-order chi connectivity index (χ1) is 19.8. The van der Waals surface area contributed by atoms with E-state index in [2.05, 4.69) is 118 Å². The molecule has 1 aromatic carbocycles. The Balaban J connectivity index is 2.33. The molecule has 0 aliphatic heterocycles. The van der Waals surface area contributed by atoms with Crippen molar-refractivity contribution in [2.24, 2.45) is 0 Å². The van der Waals surface area contributed by atoms with E-state index < -0.39 is 0 Å². The highest BCUT2D eigenvalue weighted by atomic mass is 31.0. The molecule has 2 rings (SSSR count). The average Bonchev–Trinajstić information content (AvgIpc) is 3.32. The number of aryl methyl sites for hydroxylation is 2. The van der Waals surface area contributed by atoms with E-state index in [0.29, 0.717) is 6.54 Å². The molecule has 1 unspecified atom stereocenters. The zero-order chi connectivity index (χ0) is 30.2. The largest absolute Gasteiger partial charge is 0.375 e. The standard InChI is InChI=1S/C35H46N5P/c1-8-11-18-33-32(27(6)39-40-33)23-28(10-3)15-12-16-29(14-9-2)24-38-35(37-7)31(17-13-21-36)26(5)30-19-20-34(41)25(4)22-30/h9-10,12-17,19-20,22-23,26,37-39H,6,8,11,18,24,41H2,1-5,7H3/b14-9-,15-12+,17-13+,28-10-,29-16+,32-23+,35-31-/t26-/m0/s1. The van der Waals surface area contributed by atoms with E-state index in [1.54, 1.807) is 0 Å². The molecule has 5 nitrogen and oxygen atoms in total. The van der Waals surface area contributed by atoms with Crippen molar-refractivity contribution < 1.29 is 0 Å². The number of unbranched alkanes of at least 4 members (excludes halogenated alkanes) is 1. The molecule has 3 N–H and O–H groups in total. The predicted octanol–water partition coefficient (Wildman–Crippen LogP) is 5.66. The fourth-order valence-electron chi connectivity index (χ4n) is 4.44. The summed E-state index contributed by atoms with van der Waals surface area (Å²) in [5.74, 6) is 0.977. The Morgan fingerprint density at radius 3 is 2.66 bits per heavy atom. The topological polar surface area (TPSA) is 76.5 Å². The van der Waals surface area contributed by atoms with Gasteiger partial charge in [0, 0.05) is 30.8 Å². The molecule has 0 aliphatic rings. The number of aromatic amines is 1. The van der Waals surface area contributed by atoms with E-state index in [9.17, 15) is 5.26 Å². The highest BCUT2D eigenvalue weighted by Crippen LogP contribution is 2.27. The van der Waals surface area contributed by atoms with Crippen LogP contribution in [0.3, 0.4) is 0 Å². The normalized spacial score (nSPS) is 14.6. The molecule has 0 fully saturated rings. The number of nitrogens with zero attached hydrogens (tertiary/aromatic N) is 2. The smallest absolute Gasteiger partial charge is 0.103 e. The molecular weight excluding hydrogens is 521 g/mol. The molecule has 0 radical (unpaired) electrons. The highest BCUT2D eigenvalue weighted by Gasteiger charge is 2.15. The number of nitrogens with one attached hydrogen (secondary N) is 3. The van der Waals surface area contributed by atoms with Gasteiger partial charge in [0.1, 0.15) is 5.82 Å². The van der Waals surface area contributed by atoms with Crippen molar-refractivity contribution in [2.45, 2.75) is 59.8 Å². The third kappa shape index (κ3) is 10.2. The summed E-state index contributed by atoms with van der Waals surface area (Å²) in [6.07, 6.45) is 21.3. The van der Waals surface area contributed by atoms with Crippen molar-refractivity contribution in [3.8, 4) is 6.07 Å². The van der Waals surface area contributed by atoms with Crippen LogP contribution in [0.4, 0.5) is 0 Å². The van der Waals surface area contributed by atoms with Gasteiger partial charge in [0.05, 0.1) is 17.1 Å². The highest BCUT2D eigenvalue weighted by molar-refractivity contribution is 7.27. The quantitative estimate of drug-likeness (QED) is 0.156. The van der Waals surface area contributed by atoms with Gasteiger partial charge in [-0.15, -0.1) is 9.24 Å². The second kappa shape index (κ2) is 17.7. The zero-order valence-electron chi connectivity index (χ0n) is 25.5. The summed E-state index contributed by atoms with van der Waals surface area (Å²) in [5.41, 5.74) is 6.73. The zero-order valence-corrected chi connectivity index (χ0v) is 26.7. The van der Waals surface area contributed by atoms with Crippen molar-refractivity contribution in [2.75, 3.05) is 13.6 Å². The van der Waals surface area contributed by atoms with Gasteiger partial charge in [-0.3, -0.25) is 5.10 Å². The summed E-state index contributed by atoms with van der Waals surface area (Å²) in [5, 5.41) is 26.8. The van der Waals surface area contributed by atoms with Gasteiger partial charge in [-0.25, -0.2) is 0 Å². The van der Waals surface area contributed by atoms with E-state index in [4.69, 9.17) is 0 Å². The number of H-pyrrole nitrogens is 1. The maximum Gasteiger partial charge on any atom is 0.103 e. The third-order valence-corrected chi connectivity index (χ3v) is 7.61. The van der Waals surface area contributed by atoms with E-state index in [1.165, 1.54) is 22.5 Å². The van der Waals surface area contributed by atoms with Crippen LogP contribution in [0.1, 0.15) is 63.3 Å². The summed E-state index contributed by atoms with van der Waals surface area (Å²) in [6.45, 7) is 15.3. The molecule has 6 heteroatoms. The summed E-state index contributed by atoms with van der Waals surface area (Å²) in [4.78, 5) is 0. The Hall–Kier alpha value is -3.87. The summed E-state index contributed by atoms with van der Waals surface area (Å²) in [6, 6.07) is 8.62. The van der Waals surface area contributed by atoms with Crippen LogP contribution in [0.25, 0.3) is 12.7 Å². The number of aromatic nitrogens is 2. The molecule has 1 heterocycles. The third-order valence-electron chi connectivity index (χ3n) is 6.96. The van der Waals surface area contributed by atoms with Gasteiger partial charge < -0.3 is 10.6 Å². The lowest BCUT2D eigenvalue weighted by Gasteiger charge is -2.21. The Bertz CT molecular complexity index is 1490. The van der Waals surface area contributed by atoms with Gasteiger partial charge in [0.2, 0.25) is 0 Å². The van der Waals surface area contributed by atoms with Gasteiger partial charge in [-0.05, 0) is 78.9 Å². The first kappa shape index (κ1) is 33.3. The second-order valence-electron chi connectivity index (χ2n) is 9.93. The van der Waals surface area contributed by atoms with Crippen molar-refractivity contribution in [3.63, 3.8) is 0 Å². The molecule has 0 saturated carbocycles. The Morgan fingerprint density at radius 2 is 2.02 bits per heavy atom. The molecular formula is C35H46N5P. The van der Waals surface area contributed by atoms with Crippen LogP contribution in [0.15, 0.2) is 89.3 Å². The average molecular weight is 568 g/mol. The van der Waals surface area contributed by atoms with Crippen LogP contribution in [0.2, 0.25) is 0 Å². The van der Waals surface area contributed by atoms with Crippen LogP contribution in [0, 0.1) is 18.3 Å². The summed E-state index contributed by atoms with van der Waals surface area (Å²) < 4.78 is 0. The van der Waals surface area contributed by atoms with E-state index in [-0.39, 0.29) is 5.92 Å². The van der Waals surface area contributed by atoms with Crippen molar-refractivity contribution in [3.05, 3.63) is 117 Å². The SMILES string of the molecule is C=c1[nH]nc(CCCC)/c1=C/C(=C\C)/C=C/C=C(\C=C/C)CN/C(NC)=C(/C=C/C#N)[C@@H](C)c1ccc(P)c(C)c1. The van der Waals surface area contributed by atoms with E-state index in [1.807, 2.05) is 33.0 Å². The van der Waals surface area contributed by atoms with Crippen LogP contribution in [-0.2, 0) is 6.42 Å². The van der Waals surface area contributed by atoms with Crippen LogP contribution in [0.5, 0.6) is 0 Å². The number of hydrogen-bond acceptors (Lipinski definition) is 4. The molecule has 2 atom stereocenters. The van der Waals surface area contributed by atoms with Crippen molar-refractivity contribution in [1.82, 2.24) is 20.8 Å². The maximum absolute atomic E-state index is 9.26. The number of hydrogen-bond donors (Lipinski definition) is 3. The number of nitriles is 1. The van der Waals surface area contributed by atoms with Gasteiger partial charge in [-0.2, -0.15) is 10.4 Å². The lowest BCUT2D eigenvalue weighted by molar-refractivity contribution is 0.742. The van der Waals surface area contributed by atoms with E-state index in [0.717, 1.165) is 58.1 Å². The molecule has 0 saturated heterocycles. The lowest BCUT2D eigenvalue weighted by atomic mass is 9.91. The Morgan fingerprint density at radius 1 is 1.24 bits per heavy atom. The molecule has 1 aromatic heterocycles. The summed E-state index contributed by atoms with van der Waals surface area (Å²) >= 11 is 0. The van der Waals surface area contributed by atoms with Gasteiger partial charge in [-0.1, -0.05) is 81.5 Å². The van der Waals surface area contributed by atoms with Gasteiger partial charge in [0.25, 0.3) is 0 Å². The number of rotatable bonds is 14.